The van der Waals surface area contributed by atoms with Gasteiger partial charge in [0.25, 0.3) is 5.92 Å². The highest BCUT2D eigenvalue weighted by atomic mass is 19.3. The average molecular weight is 282 g/mol. The summed E-state index contributed by atoms with van der Waals surface area (Å²) in [5.74, 6) is -2.24. The number of alkyl halides is 2. The quantitative estimate of drug-likeness (QED) is 0.798. The number of fused-ring (bicyclic) bond motifs is 1. The van der Waals surface area contributed by atoms with Crippen molar-refractivity contribution < 1.29 is 8.78 Å². The topological polar surface area (TPSA) is 59.7 Å². The van der Waals surface area contributed by atoms with Crippen molar-refractivity contribution in [2.75, 3.05) is 18.0 Å². The molecule has 1 aliphatic rings. The highest BCUT2D eigenvalue weighted by molar-refractivity contribution is 5.82. The predicted octanol–water partition coefficient (Wildman–Crippen LogP) is 1.82. The summed E-state index contributed by atoms with van der Waals surface area (Å²) in [5, 5.41) is 8.16. The largest absolute Gasteiger partial charge is 0.348 e. The van der Waals surface area contributed by atoms with Crippen LogP contribution in [0.2, 0.25) is 0 Å². The normalized spacial score (nSPS) is 18.9. The van der Waals surface area contributed by atoms with Crippen LogP contribution in [-0.2, 0) is 5.54 Å². The fourth-order valence-corrected chi connectivity index (χ4v) is 2.34. The Labute approximate surface area is 114 Å². The molecule has 0 atom stereocenters. The number of halogens is 2. The van der Waals surface area contributed by atoms with Gasteiger partial charge in [0, 0.05) is 13.0 Å². The smallest absolute Gasteiger partial charge is 0.266 e. The molecule has 1 aliphatic heterocycles. The highest BCUT2D eigenvalue weighted by Gasteiger charge is 2.39. The summed E-state index contributed by atoms with van der Waals surface area (Å²) in [7, 11) is 0. The number of anilines is 1. The van der Waals surface area contributed by atoms with Crippen molar-refractivity contribution in [3.63, 3.8) is 0 Å². The van der Waals surface area contributed by atoms with E-state index in [1.165, 1.54) is 6.33 Å². The first-order chi connectivity index (χ1) is 9.28. The van der Waals surface area contributed by atoms with Gasteiger partial charge in [-0.1, -0.05) is 5.21 Å². The maximum absolute atomic E-state index is 13.3. The lowest BCUT2D eigenvalue weighted by Crippen LogP contribution is -2.26. The summed E-state index contributed by atoms with van der Waals surface area (Å²) in [5.41, 5.74) is 0.757. The minimum absolute atomic E-state index is 0.161. The fourth-order valence-electron chi connectivity index (χ4n) is 2.34. The Morgan fingerprint density at radius 2 is 2.00 bits per heavy atom. The van der Waals surface area contributed by atoms with Gasteiger partial charge < -0.3 is 4.90 Å². The summed E-state index contributed by atoms with van der Waals surface area (Å²) in [6.07, 6.45) is 1.21. The average Bonchev–Trinajstić information content (AvgIpc) is 2.90. The van der Waals surface area contributed by atoms with Crippen molar-refractivity contribution >= 4 is 17.0 Å². The van der Waals surface area contributed by atoms with Crippen molar-refractivity contribution in [3.05, 3.63) is 6.33 Å². The summed E-state index contributed by atoms with van der Waals surface area (Å²) in [4.78, 5) is 9.85. The summed E-state index contributed by atoms with van der Waals surface area (Å²) in [6, 6.07) is 0. The molecule has 0 radical (unpaired) electrons. The molecule has 3 heterocycles. The molecule has 1 saturated heterocycles. The molecule has 0 bridgehead atoms. The Morgan fingerprint density at radius 1 is 1.25 bits per heavy atom. The maximum atomic E-state index is 13.3. The molecular formula is C12H16F2N6. The molecule has 0 unspecified atom stereocenters. The van der Waals surface area contributed by atoms with Crippen LogP contribution in [0.25, 0.3) is 11.2 Å². The van der Waals surface area contributed by atoms with Crippen LogP contribution in [0.15, 0.2) is 6.33 Å². The van der Waals surface area contributed by atoms with Crippen molar-refractivity contribution in [2.45, 2.75) is 38.7 Å². The van der Waals surface area contributed by atoms with Gasteiger partial charge in [-0.2, -0.15) is 0 Å². The SMILES string of the molecule is CC(C)(C)n1nnc2c(N3CCC(F)(F)C3)ncnc21. The molecule has 2 aromatic rings. The van der Waals surface area contributed by atoms with Gasteiger partial charge in [0.2, 0.25) is 0 Å². The first-order valence-corrected chi connectivity index (χ1v) is 6.48. The van der Waals surface area contributed by atoms with E-state index in [-0.39, 0.29) is 25.0 Å². The molecule has 8 heteroatoms. The van der Waals surface area contributed by atoms with E-state index in [0.717, 1.165) is 0 Å². The van der Waals surface area contributed by atoms with Crippen molar-refractivity contribution in [3.8, 4) is 0 Å². The third kappa shape index (κ3) is 2.08. The molecule has 0 aliphatic carbocycles. The fraction of sp³-hybridized carbons (Fsp3) is 0.667. The van der Waals surface area contributed by atoms with E-state index in [1.807, 2.05) is 20.8 Å². The van der Waals surface area contributed by atoms with E-state index < -0.39 is 5.92 Å². The van der Waals surface area contributed by atoms with Crippen molar-refractivity contribution in [1.29, 1.82) is 0 Å². The van der Waals surface area contributed by atoms with Crippen LogP contribution in [0.3, 0.4) is 0 Å². The predicted molar refractivity (Wildman–Crippen MR) is 69.9 cm³/mol. The minimum Gasteiger partial charge on any atom is -0.348 e. The zero-order valence-corrected chi connectivity index (χ0v) is 11.6. The van der Waals surface area contributed by atoms with E-state index in [1.54, 1.807) is 9.58 Å². The molecule has 0 amide bonds. The third-order valence-corrected chi connectivity index (χ3v) is 3.32. The second kappa shape index (κ2) is 4.07. The standard InChI is InChI=1S/C12H16F2N6/c1-11(2,3)20-10-8(17-18-20)9(15-7-16-10)19-5-4-12(13,14)6-19/h7H,4-6H2,1-3H3. The Kier molecular flexibility index (Phi) is 2.67. The van der Waals surface area contributed by atoms with E-state index >= 15 is 0 Å². The monoisotopic (exact) mass is 282 g/mol. The van der Waals surface area contributed by atoms with Gasteiger partial charge >= 0.3 is 0 Å². The van der Waals surface area contributed by atoms with Crippen LogP contribution in [0, 0.1) is 0 Å². The van der Waals surface area contributed by atoms with Crippen LogP contribution in [0.1, 0.15) is 27.2 Å². The lowest BCUT2D eigenvalue weighted by molar-refractivity contribution is 0.0257. The first-order valence-electron chi connectivity index (χ1n) is 6.48. The second-order valence-electron chi connectivity index (χ2n) is 6.07. The number of aromatic nitrogens is 5. The van der Waals surface area contributed by atoms with E-state index in [2.05, 4.69) is 20.3 Å². The van der Waals surface area contributed by atoms with Gasteiger partial charge in [-0.15, -0.1) is 5.10 Å². The molecule has 1 fully saturated rings. The lowest BCUT2D eigenvalue weighted by Gasteiger charge is -2.19. The molecular weight excluding hydrogens is 266 g/mol. The molecule has 0 spiro atoms. The van der Waals surface area contributed by atoms with Crippen LogP contribution in [-0.4, -0.2) is 44.0 Å². The van der Waals surface area contributed by atoms with Gasteiger partial charge in [0.15, 0.2) is 17.0 Å². The summed E-state index contributed by atoms with van der Waals surface area (Å²) in [6.45, 7) is 5.87. The number of nitrogens with zero attached hydrogens (tertiary/aromatic N) is 6. The summed E-state index contributed by atoms with van der Waals surface area (Å²) < 4.78 is 28.4. The van der Waals surface area contributed by atoms with Crippen molar-refractivity contribution in [2.24, 2.45) is 0 Å². The molecule has 0 saturated carbocycles. The number of hydrogen-bond acceptors (Lipinski definition) is 5. The molecule has 0 N–H and O–H groups in total. The Hall–Kier alpha value is -1.86. The van der Waals surface area contributed by atoms with E-state index in [9.17, 15) is 8.78 Å². The van der Waals surface area contributed by atoms with Gasteiger partial charge in [-0.05, 0) is 20.8 Å². The maximum Gasteiger partial charge on any atom is 0.266 e. The zero-order valence-electron chi connectivity index (χ0n) is 11.6. The molecule has 3 rings (SSSR count). The number of hydrogen-bond donors (Lipinski definition) is 0. The van der Waals surface area contributed by atoms with E-state index in [0.29, 0.717) is 17.0 Å². The molecule has 108 valence electrons. The summed E-state index contributed by atoms with van der Waals surface area (Å²) >= 11 is 0. The Morgan fingerprint density at radius 3 is 2.60 bits per heavy atom. The minimum atomic E-state index is -2.67. The highest BCUT2D eigenvalue weighted by Crippen LogP contribution is 2.32. The molecule has 20 heavy (non-hydrogen) atoms. The van der Waals surface area contributed by atoms with Gasteiger partial charge in [0.05, 0.1) is 12.1 Å². The Balaban J connectivity index is 2.08. The molecule has 6 nitrogen and oxygen atoms in total. The van der Waals surface area contributed by atoms with Crippen LogP contribution < -0.4 is 4.90 Å². The van der Waals surface area contributed by atoms with Crippen LogP contribution in [0.5, 0.6) is 0 Å². The van der Waals surface area contributed by atoms with Gasteiger partial charge in [0.1, 0.15) is 6.33 Å². The molecule has 2 aromatic heterocycles. The zero-order chi connectivity index (χ0) is 14.5. The van der Waals surface area contributed by atoms with Crippen LogP contribution in [0.4, 0.5) is 14.6 Å². The number of rotatable bonds is 1. The first kappa shape index (κ1) is 13.1. The Bertz CT molecular complexity index is 645. The molecule has 0 aromatic carbocycles. The van der Waals surface area contributed by atoms with Gasteiger partial charge in [-0.3, -0.25) is 0 Å². The second-order valence-corrected chi connectivity index (χ2v) is 6.07. The van der Waals surface area contributed by atoms with Crippen molar-refractivity contribution in [1.82, 2.24) is 25.0 Å². The lowest BCUT2D eigenvalue weighted by atomic mass is 10.1. The third-order valence-electron chi connectivity index (χ3n) is 3.32. The van der Waals surface area contributed by atoms with E-state index in [4.69, 9.17) is 0 Å². The van der Waals surface area contributed by atoms with Crippen LogP contribution >= 0.6 is 0 Å². The van der Waals surface area contributed by atoms with Gasteiger partial charge in [-0.25, -0.2) is 23.4 Å².